The van der Waals surface area contributed by atoms with Gasteiger partial charge in [-0.15, -0.1) is 0 Å². The zero-order chi connectivity index (χ0) is 14.6. The highest BCUT2D eigenvalue weighted by Gasteiger charge is 2.30. The fourth-order valence-corrected chi connectivity index (χ4v) is 4.61. The van der Waals surface area contributed by atoms with Crippen molar-refractivity contribution in [2.45, 2.75) is 96.8 Å². The first-order valence-corrected chi connectivity index (χ1v) is 9.17. The third-order valence-corrected chi connectivity index (χ3v) is 5.65. The summed E-state index contributed by atoms with van der Waals surface area (Å²) in [6.07, 6.45) is 21.3. The van der Waals surface area contributed by atoms with E-state index >= 15 is 0 Å². The predicted molar refractivity (Wildman–Crippen MR) is 87.5 cm³/mol. The van der Waals surface area contributed by atoms with Crippen LogP contribution in [0.3, 0.4) is 0 Å². The second-order valence-corrected chi connectivity index (χ2v) is 6.96. The number of hydrogen-bond acceptors (Lipinski definition) is 1. The van der Waals surface area contributed by atoms with E-state index in [1.54, 1.807) is 32.1 Å². The standard InChI is InChI=1S/C18H34.CHN/c1-2-3-6-15-18(16-11-7-4-8-12-16)17-13-9-5-10-14-17;1-2/h16-18H,2-15H2,1H3;1H. The van der Waals surface area contributed by atoms with Crippen LogP contribution in [0.2, 0.25) is 0 Å². The van der Waals surface area contributed by atoms with Crippen molar-refractivity contribution in [2.24, 2.45) is 17.8 Å². The molecular formula is C19H35N. The van der Waals surface area contributed by atoms with Gasteiger partial charge >= 0.3 is 0 Å². The lowest BCUT2D eigenvalue weighted by atomic mass is 9.68. The molecule has 0 bridgehead atoms. The second-order valence-electron chi connectivity index (χ2n) is 6.96. The SMILES string of the molecule is C#N.CCCCCC(C1CCCCC1)C1CCCCC1. The molecular weight excluding hydrogens is 242 g/mol. The van der Waals surface area contributed by atoms with Crippen LogP contribution in [0, 0.1) is 29.6 Å². The predicted octanol–water partition coefficient (Wildman–Crippen LogP) is 6.48. The molecule has 116 valence electrons. The topological polar surface area (TPSA) is 23.8 Å². The molecule has 20 heavy (non-hydrogen) atoms. The molecule has 0 spiro atoms. The van der Waals surface area contributed by atoms with Gasteiger partial charge in [0.15, 0.2) is 0 Å². The first kappa shape index (κ1) is 17.5. The van der Waals surface area contributed by atoms with Gasteiger partial charge < -0.3 is 0 Å². The van der Waals surface area contributed by atoms with E-state index in [0.29, 0.717) is 0 Å². The van der Waals surface area contributed by atoms with Gasteiger partial charge in [0.1, 0.15) is 0 Å². The van der Waals surface area contributed by atoms with Gasteiger partial charge in [-0.05, 0) is 24.2 Å². The van der Waals surface area contributed by atoms with E-state index in [9.17, 15) is 0 Å². The van der Waals surface area contributed by atoms with Crippen LogP contribution in [0.25, 0.3) is 0 Å². The van der Waals surface area contributed by atoms with Crippen LogP contribution < -0.4 is 0 Å². The summed E-state index contributed by atoms with van der Waals surface area (Å²) < 4.78 is 0. The van der Waals surface area contributed by atoms with E-state index in [1.807, 2.05) is 0 Å². The zero-order valence-corrected chi connectivity index (χ0v) is 13.7. The Kier molecular flexibility index (Phi) is 9.81. The van der Waals surface area contributed by atoms with Crippen molar-refractivity contribution in [1.82, 2.24) is 0 Å². The zero-order valence-electron chi connectivity index (χ0n) is 13.7. The van der Waals surface area contributed by atoms with Crippen LogP contribution in [-0.2, 0) is 0 Å². The molecule has 2 aliphatic carbocycles. The minimum Gasteiger partial charge on any atom is -0.202 e. The van der Waals surface area contributed by atoms with E-state index < -0.39 is 0 Å². The summed E-state index contributed by atoms with van der Waals surface area (Å²) in [6, 6.07) is 0. The van der Waals surface area contributed by atoms with Gasteiger partial charge in [-0.1, -0.05) is 90.4 Å². The van der Waals surface area contributed by atoms with Gasteiger partial charge in [-0.3, -0.25) is 0 Å². The molecule has 0 radical (unpaired) electrons. The monoisotopic (exact) mass is 277 g/mol. The van der Waals surface area contributed by atoms with Crippen molar-refractivity contribution < 1.29 is 0 Å². The average Bonchev–Trinajstić information content (AvgIpc) is 2.55. The number of nitriles is 1. The maximum Gasteiger partial charge on any atom is 0.0462 e. The molecule has 2 saturated carbocycles. The van der Waals surface area contributed by atoms with Gasteiger partial charge in [0, 0.05) is 6.57 Å². The highest BCUT2D eigenvalue weighted by atomic mass is 14.4. The largest absolute Gasteiger partial charge is 0.202 e. The molecule has 2 rings (SSSR count). The third kappa shape index (κ3) is 5.86. The highest BCUT2D eigenvalue weighted by Crippen LogP contribution is 2.42. The first-order chi connectivity index (χ1) is 9.92. The Balaban J connectivity index is 0.000000956. The van der Waals surface area contributed by atoms with E-state index in [4.69, 9.17) is 5.26 Å². The Labute approximate surface area is 127 Å². The van der Waals surface area contributed by atoms with Crippen molar-refractivity contribution in [3.8, 4) is 6.57 Å². The summed E-state index contributed by atoms with van der Waals surface area (Å²) in [4.78, 5) is 0. The Morgan fingerprint density at radius 2 is 1.25 bits per heavy atom. The summed E-state index contributed by atoms with van der Waals surface area (Å²) in [6.45, 7) is 5.84. The molecule has 0 saturated heterocycles. The van der Waals surface area contributed by atoms with Crippen molar-refractivity contribution in [2.75, 3.05) is 0 Å². The van der Waals surface area contributed by atoms with Crippen molar-refractivity contribution in [1.29, 1.82) is 5.26 Å². The van der Waals surface area contributed by atoms with Crippen molar-refractivity contribution in [3.63, 3.8) is 0 Å². The normalized spacial score (nSPS) is 21.4. The Hall–Kier alpha value is -0.510. The Morgan fingerprint density at radius 3 is 1.65 bits per heavy atom. The minimum atomic E-state index is 1.11. The molecule has 2 aliphatic rings. The molecule has 1 nitrogen and oxygen atoms in total. The number of rotatable bonds is 6. The quantitative estimate of drug-likeness (QED) is 0.509. The average molecular weight is 277 g/mol. The summed E-state index contributed by atoms with van der Waals surface area (Å²) in [5.74, 6) is 3.33. The lowest BCUT2D eigenvalue weighted by Crippen LogP contribution is -2.27. The maximum absolute atomic E-state index is 6.50. The van der Waals surface area contributed by atoms with E-state index in [0.717, 1.165) is 17.8 Å². The molecule has 2 fully saturated rings. The summed E-state index contributed by atoms with van der Waals surface area (Å²) in [5, 5.41) is 6.50. The molecule has 0 unspecified atom stereocenters. The lowest BCUT2D eigenvalue weighted by molar-refractivity contribution is 0.132. The summed E-state index contributed by atoms with van der Waals surface area (Å²) in [7, 11) is 0. The molecule has 0 amide bonds. The van der Waals surface area contributed by atoms with Crippen LogP contribution >= 0.6 is 0 Å². The second kappa shape index (κ2) is 11.2. The van der Waals surface area contributed by atoms with E-state index in [2.05, 4.69) is 13.5 Å². The smallest absolute Gasteiger partial charge is 0.0462 e. The Bertz CT molecular complexity index is 215. The molecule has 0 aromatic rings. The van der Waals surface area contributed by atoms with Crippen LogP contribution in [0.15, 0.2) is 0 Å². The van der Waals surface area contributed by atoms with Crippen molar-refractivity contribution in [3.05, 3.63) is 0 Å². The molecule has 1 heteroatoms. The van der Waals surface area contributed by atoms with Crippen LogP contribution in [0.1, 0.15) is 96.8 Å². The van der Waals surface area contributed by atoms with Crippen molar-refractivity contribution >= 4 is 0 Å². The fraction of sp³-hybridized carbons (Fsp3) is 0.947. The van der Waals surface area contributed by atoms with Gasteiger partial charge in [0.2, 0.25) is 0 Å². The molecule has 0 N–H and O–H groups in total. The Morgan fingerprint density at radius 1 is 0.800 bits per heavy atom. The minimum absolute atomic E-state index is 1.11. The summed E-state index contributed by atoms with van der Waals surface area (Å²) >= 11 is 0. The number of unbranched alkanes of at least 4 members (excludes halogenated alkanes) is 2. The number of nitrogens with zero attached hydrogens (tertiary/aromatic N) is 1. The third-order valence-electron chi connectivity index (χ3n) is 5.65. The summed E-state index contributed by atoms with van der Waals surface area (Å²) in [5.41, 5.74) is 0. The van der Waals surface area contributed by atoms with E-state index in [1.165, 1.54) is 57.8 Å². The van der Waals surface area contributed by atoms with Gasteiger partial charge in [0.25, 0.3) is 0 Å². The van der Waals surface area contributed by atoms with Crippen LogP contribution in [0.5, 0.6) is 0 Å². The molecule has 0 heterocycles. The van der Waals surface area contributed by atoms with Gasteiger partial charge in [-0.2, -0.15) is 0 Å². The van der Waals surface area contributed by atoms with Crippen LogP contribution in [-0.4, -0.2) is 0 Å². The maximum atomic E-state index is 6.50. The van der Waals surface area contributed by atoms with Gasteiger partial charge in [-0.25, -0.2) is 5.26 Å². The molecule has 0 aromatic heterocycles. The first-order valence-electron chi connectivity index (χ1n) is 9.17. The van der Waals surface area contributed by atoms with Crippen LogP contribution in [0.4, 0.5) is 0 Å². The fourth-order valence-electron chi connectivity index (χ4n) is 4.61. The molecule has 0 aliphatic heterocycles. The van der Waals surface area contributed by atoms with E-state index in [-0.39, 0.29) is 0 Å². The molecule has 0 aromatic carbocycles. The highest BCUT2D eigenvalue weighted by molar-refractivity contribution is 4.81. The number of hydrogen-bond donors (Lipinski definition) is 0. The molecule has 0 atom stereocenters. The van der Waals surface area contributed by atoms with Gasteiger partial charge in [0.05, 0.1) is 0 Å². The lowest BCUT2D eigenvalue weighted by Gasteiger charge is -2.38.